The Balaban J connectivity index is 3.08. The van der Waals surface area contributed by atoms with E-state index in [0.717, 1.165) is 6.92 Å². The molecule has 0 saturated carbocycles. The number of carbonyl (C=O) groups excluding carboxylic acids is 16. The molecule has 1 aliphatic heterocycles. The number of hydrogen-bond donors (Lipinski definition) is 14. The zero-order valence-electron chi connectivity index (χ0n) is 71.0. The van der Waals surface area contributed by atoms with Crippen molar-refractivity contribution in [2.24, 2.45) is 29.1 Å². The number of amides is 12. The Labute approximate surface area is 676 Å². The molecular weight excluding hydrogens is 1500 g/mol. The number of esters is 1. The number of ketones is 3. The molecule has 0 bridgehead atoms. The molecule has 35 nitrogen and oxygen atoms in total. The van der Waals surface area contributed by atoms with Gasteiger partial charge in [-0.3, -0.25) is 57.5 Å². The number of rotatable bonds is 34. The van der Waals surface area contributed by atoms with E-state index in [-0.39, 0.29) is 64.1 Å². The predicted molar refractivity (Wildman–Crippen MR) is 423 cm³/mol. The standard InChI is InChI=1S/C80H132N12O23/c1-21-26-53(86-62(98)34-40-111-71(106)80(19,20)22-2)61(97)45-52(47(5)93)66(101)87-54(31-37-83-73(108)113-77(10,11)12)59(95)43-50-29-35-81-70(105)63(48(6)94)92-65(100)51(30-36-82-72(107)112-76(7,8)9)44-60(96)55(32-38-84-74(109)114-78(13,14)15)88-68(103)57(41-46(3)4)90-69(104)58(42-49-27-24-23-25-28-49)91-67(102)56(89-64(50)99)33-39-85-75(110)115-79(16,17)18/h23-25,27-28,46-48,50-58,63,93-94H,21-22,26,29-45H2,1-20H3,(H,81,105)(H,82,107)(H,83,108)(H,84,109)(H,85,110)(H,86,98)(H,87,101)(H,88,103)(H,89,99)(H,90,104)(H,91,102)(H,92,100)/t47?,48?,50-,51-,52+,53+,54+,55+,56+,57+,58-,63+/m1/s1. The minimum Gasteiger partial charge on any atom is -0.465 e. The highest BCUT2D eigenvalue weighted by atomic mass is 16.6. The number of aliphatic hydroxyl groups excluding tert-OH is 2. The van der Waals surface area contributed by atoms with Crippen LogP contribution in [0.4, 0.5) is 19.2 Å². The smallest absolute Gasteiger partial charge is 0.407 e. The highest BCUT2D eigenvalue weighted by Crippen LogP contribution is 2.24. The molecule has 115 heavy (non-hydrogen) atoms. The maximum absolute atomic E-state index is 15.4. The van der Waals surface area contributed by atoms with Gasteiger partial charge in [-0.25, -0.2) is 19.2 Å². The summed E-state index contributed by atoms with van der Waals surface area (Å²) in [7, 11) is 0. The number of benzene rings is 1. The topological polar surface area (TPSA) is 504 Å². The van der Waals surface area contributed by atoms with Gasteiger partial charge in [0.1, 0.15) is 53.2 Å². The second kappa shape index (κ2) is 48.1. The first-order chi connectivity index (χ1) is 53.2. The first-order valence-electron chi connectivity index (χ1n) is 39.7. The van der Waals surface area contributed by atoms with Gasteiger partial charge < -0.3 is 97.7 Å². The van der Waals surface area contributed by atoms with Crippen molar-refractivity contribution in [3.05, 3.63) is 35.9 Å². The second-order valence-electron chi connectivity index (χ2n) is 34.1. The SMILES string of the molecule is CCC[C@H](NC(=O)CCOC(=O)C(C)(C)CC)C(=O)C[C@H](C(=O)N[C@@H](CCNC(=O)OC(C)(C)C)C(=O)C[C@H]1CCNC(=O)[C@H](C(C)O)NC(=O)[C@H](CCNC(=O)OC(C)(C)C)CC(=O)[C@H](CCNC(=O)OC(C)(C)C)NC(=O)[C@H](CC(C)C)NC(=O)[C@@H](Cc2ccccc2)NC(=O)[C@H](CCNC(=O)OC(C)(C)C)NC1=O)C(C)O. The van der Waals surface area contributed by atoms with Gasteiger partial charge in [-0.05, 0) is 174 Å². The number of carbonyl (C=O) groups is 16. The quantitative estimate of drug-likeness (QED) is 0.0333. The summed E-state index contributed by atoms with van der Waals surface area (Å²) in [4.78, 5) is 227. The van der Waals surface area contributed by atoms with Crippen LogP contribution in [0.2, 0.25) is 0 Å². The average molecular weight is 1630 g/mol. The molecule has 1 aliphatic rings. The van der Waals surface area contributed by atoms with E-state index in [4.69, 9.17) is 23.7 Å². The fourth-order valence-corrected chi connectivity index (χ4v) is 11.5. The molecule has 0 aliphatic carbocycles. The Bertz CT molecular complexity index is 3430. The number of aliphatic hydroxyl groups is 2. The van der Waals surface area contributed by atoms with Crippen molar-refractivity contribution >= 4 is 94.9 Å². The Morgan fingerprint density at radius 2 is 0.983 bits per heavy atom. The third kappa shape index (κ3) is 41.5. The van der Waals surface area contributed by atoms with Crippen LogP contribution in [0.15, 0.2) is 30.3 Å². The van der Waals surface area contributed by atoms with Crippen molar-refractivity contribution in [3.8, 4) is 0 Å². The summed E-state index contributed by atoms with van der Waals surface area (Å²) in [5.74, 6) is -15.9. The van der Waals surface area contributed by atoms with Crippen LogP contribution < -0.4 is 63.8 Å². The van der Waals surface area contributed by atoms with E-state index < -0.39 is 253 Å². The maximum atomic E-state index is 15.4. The fourth-order valence-electron chi connectivity index (χ4n) is 11.5. The Morgan fingerprint density at radius 3 is 1.48 bits per heavy atom. The van der Waals surface area contributed by atoms with E-state index in [1.54, 1.807) is 155 Å². The highest BCUT2D eigenvalue weighted by Gasteiger charge is 2.40. The van der Waals surface area contributed by atoms with E-state index >= 15 is 19.2 Å². The summed E-state index contributed by atoms with van der Waals surface area (Å²) in [6.45, 7) is 29.8. The molecule has 1 saturated heterocycles. The van der Waals surface area contributed by atoms with Crippen molar-refractivity contribution in [2.45, 2.75) is 305 Å². The van der Waals surface area contributed by atoms with Crippen molar-refractivity contribution in [3.63, 3.8) is 0 Å². The third-order valence-electron chi connectivity index (χ3n) is 17.9. The molecule has 1 aromatic rings. The van der Waals surface area contributed by atoms with Gasteiger partial charge in [-0.2, -0.15) is 0 Å². The summed E-state index contributed by atoms with van der Waals surface area (Å²) in [6, 6.07) is -2.77. The van der Waals surface area contributed by atoms with E-state index in [9.17, 15) is 67.7 Å². The van der Waals surface area contributed by atoms with Gasteiger partial charge in [0.25, 0.3) is 0 Å². The second-order valence-corrected chi connectivity index (χ2v) is 34.1. The molecule has 12 atom stereocenters. The Hall–Kier alpha value is -9.54. The van der Waals surface area contributed by atoms with Gasteiger partial charge in [0.05, 0.1) is 48.1 Å². The molecule has 1 fully saturated rings. The van der Waals surface area contributed by atoms with E-state index in [2.05, 4.69) is 63.8 Å². The van der Waals surface area contributed by atoms with Crippen LogP contribution in [0.25, 0.3) is 0 Å². The number of hydrogen-bond acceptors (Lipinski definition) is 23. The van der Waals surface area contributed by atoms with E-state index in [1.165, 1.54) is 6.92 Å². The average Bonchev–Trinajstić information content (AvgIpc) is 1.21. The minimum absolute atomic E-state index is 0.0856. The highest BCUT2D eigenvalue weighted by molar-refractivity contribution is 5.99. The maximum Gasteiger partial charge on any atom is 0.407 e. The summed E-state index contributed by atoms with van der Waals surface area (Å²) in [5, 5.41) is 53.7. The predicted octanol–water partition coefficient (Wildman–Crippen LogP) is 4.51. The summed E-state index contributed by atoms with van der Waals surface area (Å²) in [5.41, 5.74) is -4.27. The van der Waals surface area contributed by atoms with Crippen LogP contribution in [0.5, 0.6) is 0 Å². The monoisotopic (exact) mass is 1630 g/mol. The number of nitrogens with one attached hydrogen (secondary N) is 12. The molecule has 0 aromatic heterocycles. The van der Waals surface area contributed by atoms with Crippen LogP contribution in [-0.4, -0.2) is 221 Å². The first kappa shape index (κ1) is 102. The number of ether oxygens (including phenoxy) is 5. The normalized spacial score (nSPS) is 20.2. The zero-order chi connectivity index (χ0) is 87.5. The minimum atomic E-state index is -1.85. The lowest BCUT2D eigenvalue weighted by Crippen LogP contribution is -2.59. The van der Waals surface area contributed by atoms with E-state index in [0.29, 0.717) is 18.4 Å². The van der Waals surface area contributed by atoms with Gasteiger partial charge in [-0.15, -0.1) is 0 Å². The molecule has 650 valence electrons. The van der Waals surface area contributed by atoms with Gasteiger partial charge in [0.2, 0.25) is 47.3 Å². The molecule has 1 heterocycles. The lowest BCUT2D eigenvalue weighted by molar-refractivity contribution is -0.154. The molecule has 0 spiro atoms. The number of Topliss-reactive ketones (excluding diaryl/α,β-unsaturated/α-hetero) is 3. The molecule has 14 N–H and O–H groups in total. The van der Waals surface area contributed by atoms with Gasteiger partial charge in [0.15, 0.2) is 17.3 Å². The zero-order valence-corrected chi connectivity index (χ0v) is 71.0. The van der Waals surface area contributed by atoms with Gasteiger partial charge >= 0.3 is 30.3 Å². The van der Waals surface area contributed by atoms with Crippen LogP contribution in [0, 0.1) is 29.1 Å². The van der Waals surface area contributed by atoms with E-state index in [1.807, 2.05) is 0 Å². The van der Waals surface area contributed by atoms with Crippen LogP contribution >= 0.6 is 0 Å². The van der Waals surface area contributed by atoms with Crippen LogP contribution in [0.3, 0.4) is 0 Å². The van der Waals surface area contributed by atoms with Crippen LogP contribution in [0.1, 0.15) is 228 Å². The lowest BCUT2D eigenvalue weighted by Gasteiger charge is -2.28. The fraction of sp³-hybridized carbons (Fsp3) is 0.725. The van der Waals surface area contributed by atoms with Crippen molar-refractivity contribution < 1.29 is 111 Å². The summed E-state index contributed by atoms with van der Waals surface area (Å²) in [6.07, 6.45) is -11.1. The first-order valence-corrected chi connectivity index (χ1v) is 39.7. The molecular formula is C80H132N12O23. The van der Waals surface area contributed by atoms with Crippen molar-refractivity contribution in [1.29, 1.82) is 0 Å². The van der Waals surface area contributed by atoms with Gasteiger partial charge in [-0.1, -0.05) is 64.4 Å². The number of alkyl carbamates (subject to hydrolysis) is 4. The molecule has 2 unspecified atom stereocenters. The lowest BCUT2D eigenvalue weighted by atomic mass is 9.90. The van der Waals surface area contributed by atoms with Gasteiger partial charge in [0, 0.05) is 70.2 Å². The van der Waals surface area contributed by atoms with Crippen molar-refractivity contribution in [1.82, 2.24) is 63.8 Å². The largest absolute Gasteiger partial charge is 0.465 e. The van der Waals surface area contributed by atoms with Crippen LogP contribution in [-0.2, 0) is 87.6 Å². The molecule has 2 rings (SSSR count). The molecule has 0 radical (unpaired) electrons. The summed E-state index contributed by atoms with van der Waals surface area (Å²) >= 11 is 0. The molecule has 12 amide bonds. The Kier molecular flexibility index (Phi) is 42.5. The molecule has 1 aromatic carbocycles. The third-order valence-corrected chi connectivity index (χ3v) is 17.9. The Morgan fingerprint density at radius 1 is 0.522 bits per heavy atom. The molecule has 35 heteroatoms. The van der Waals surface area contributed by atoms with Crippen molar-refractivity contribution in [2.75, 3.05) is 39.3 Å². The summed E-state index contributed by atoms with van der Waals surface area (Å²) < 4.78 is 27.0.